The van der Waals surface area contributed by atoms with Crippen LogP contribution < -0.4 is 10.3 Å². The minimum Gasteiger partial charge on any atom is -0.480 e. The first-order chi connectivity index (χ1) is 19.1. The molecule has 4 heterocycles. The van der Waals surface area contributed by atoms with Gasteiger partial charge in [-0.15, -0.1) is 0 Å². The summed E-state index contributed by atoms with van der Waals surface area (Å²) in [7, 11) is 1.53. The van der Waals surface area contributed by atoms with Crippen molar-refractivity contribution in [3.05, 3.63) is 64.0 Å². The van der Waals surface area contributed by atoms with Crippen molar-refractivity contribution in [3.63, 3.8) is 0 Å². The number of rotatable bonds is 7. The Kier molecular flexibility index (Phi) is 6.23. The number of hydrogen-bond donors (Lipinski definition) is 0. The van der Waals surface area contributed by atoms with Gasteiger partial charge >= 0.3 is 6.18 Å². The van der Waals surface area contributed by atoms with Crippen LogP contribution in [0.5, 0.6) is 5.88 Å². The predicted octanol–water partition coefficient (Wildman–Crippen LogP) is 5.42. The van der Waals surface area contributed by atoms with Crippen molar-refractivity contribution in [1.82, 2.24) is 34.1 Å². The van der Waals surface area contributed by atoms with Gasteiger partial charge in [0.15, 0.2) is 11.5 Å². The highest BCUT2D eigenvalue weighted by atomic mass is 19.4. The standard InChI is InChI=1S/C28H28F3N7O2/c1-14(2)37-12-20(28(29,30)31)35-26(37)19-9-18(15(19)3)11-38-21(39)8-7-17-10-32-24(36-25(17)38)22-23(16-5-6-16)33-13-34-27(22)40-4/h7-8,10,12-14,16,18H,5-6,9,11H2,1-4H3. The molecule has 40 heavy (non-hydrogen) atoms. The molecular formula is C28H28F3N7O2. The third-order valence-electron chi connectivity index (χ3n) is 7.74. The van der Waals surface area contributed by atoms with Crippen LogP contribution in [0.3, 0.4) is 0 Å². The van der Waals surface area contributed by atoms with E-state index in [1.54, 1.807) is 21.4 Å². The molecule has 6 rings (SSSR count). The summed E-state index contributed by atoms with van der Waals surface area (Å²) in [5.74, 6) is 1.32. The van der Waals surface area contributed by atoms with Crippen molar-refractivity contribution in [2.45, 2.75) is 64.7 Å². The third-order valence-corrected chi connectivity index (χ3v) is 7.74. The number of imidazole rings is 1. The monoisotopic (exact) mass is 551 g/mol. The van der Waals surface area contributed by atoms with Gasteiger partial charge < -0.3 is 9.30 Å². The van der Waals surface area contributed by atoms with E-state index in [0.29, 0.717) is 53.0 Å². The van der Waals surface area contributed by atoms with Crippen molar-refractivity contribution in [2.75, 3.05) is 7.11 Å². The molecule has 12 heteroatoms. The third kappa shape index (κ3) is 4.44. The molecule has 0 N–H and O–H groups in total. The van der Waals surface area contributed by atoms with Crippen LogP contribution in [0.2, 0.25) is 0 Å². The van der Waals surface area contributed by atoms with Gasteiger partial charge in [0.05, 0.1) is 12.8 Å². The minimum absolute atomic E-state index is 0.0556. The van der Waals surface area contributed by atoms with Gasteiger partial charge in [0.1, 0.15) is 23.4 Å². The van der Waals surface area contributed by atoms with Crippen LogP contribution in [0.25, 0.3) is 28.0 Å². The number of aromatic nitrogens is 7. The van der Waals surface area contributed by atoms with E-state index in [4.69, 9.17) is 9.72 Å². The van der Waals surface area contributed by atoms with Crippen molar-refractivity contribution in [3.8, 4) is 17.3 Å². The lowest BCUT2D eigenvalue weighted by atomic mass is 9.77. The Morgan fingerprint density at radius 1 is 1.12 bits per heavy atom. The summed E-state index contributed by atoms with van der Waals surface area (Å²) in [6, 6.07) is 2.98. The number of methoxy groups -OCH3 is 1. The van der Waals surface area contributed by atoms with E-state index in [9.17, 15) is 18.0 Å². The zero-order valence-electron chi connectivity index (χ0n) is 22.5. The molecule has 1 saturated carbocycles. The number of halogens is 3. The molecule has 1 unspecified atom stereocenters. The van der Waals surface area contributed by atoms with Crippen molar-refractivity contribution in [1.29, 1.82) is 0 Å². The van der Waals surface area contributed by atoms with Crippen LogP contribution >= 0.6 is 0 Å². The summed E-state index contributed by atoms with van der Waals surface area (Å²) in [5, 5.41) is 0.693. The van der Waals surface area contributed by atoms with Crippen LogP contribution in [0.1, 0.15) is 69.2 Å². The Bertz CT molecular complexity index is 1720. The molecule has 2 aliphatic rings. The van der Waals surface area contributed by atoms with Crippen molar-refractivity contribution < 1.29 is 17.9 Å². The van der Waals surface area contributed by atoms with E-state index in [-0.39, 0.29) is 17.5 Å². The zero-order chi connectivity index (χ0) is 28.3. The lowest BCUT2D eigenvalue weighted by Gasteiger charge is -2.32. The zero-order valence-corrected chi connectivity index (χ0v) is 22.5. The highest BCUT2D eigenvalue weighted by molar-refractivity contribution is 5.78. The van der Waals surface area contributed by atoms with Gasteiger partial charge in [-0.3, -0.25) is 9.36 Å². The highest BCUT2D eigenvalue weighted by Crippen LogP contribution is 2.45. The summed E-state index contributed by atoms with van der Waals surface area (Å²) < 4.78 is 48.9. The maximum absolute atomic E-state index is 13.4. The second-order valence-corrected chi connectivity index (χ2v) is 10.7. The van der Waals surface area contributed by atoms with Crippen molar-refractivity contribution >= 4 is 16.6 Å². The van der Waals surface area contributed by atoms with Gasteiger partial charge in [-0.2, -0.15) is 13.2 Å². The van der Waals surface area contributed by atoms with Gasteiger partial charge in [-0.1, -0.05) is 5.57 Å². The lowest BCUT2D eigenvalue weighted by molar-refractivity contribution is -0.141. The van der Waals surface area contributed by atoms with Crippen LogP contribution in [0.4, 0.5) is 13.2 Å². The number of nitrogens with zero attached hydrogens (tertiary/aromatic N) is 7. The smallest absolute Gasteiger partial charge is 0.434 e. The first-order valence-corrected chi connectivity index (χ1v) is 13.2. The molecule has 4 aromatic heterocycles. The number of pyridine rings is 1. The summed E-state index contributed by atoms with van der Waals surface area (Å²) in [5.41, 5.74) is 2.49. The second kappa shape index (κ2) is 9.53. The van der Waals surface area contributed by atoms with Gasteiger partial charge in [0.25, 0.3) is 5.56 Å². The average molecular weight is 552 g/mol. The molecule has 208 valence electrons. The summed E-state index contributed by atoms with van der Waals surface area (Å²) in [4.78, 5) is 35.1. The molecule has 2 aliphatic carbocycles. The quantitative estimate of drug-likeness (QED) is 0.302. The SMILES string of the molecule is COc1ncnc(C2CC2)c1-c1ncc2ccc(=O)n(CC3CC(c4nc(C(F)(F)F)cn4C(C)C)=C3C)c2n1. The molecule has 0 amide bonds. The fraction of sp³-hybridized carbons (Fsp3) is 0.429. The number of fused-ring (bicyclic) bond motifs is 1. The molecule has 0 spiro atoms. The molecule has 0 saturated heterocycles. The molecule has 9 nitrogen and oxygen atoms in total. The molecular weight excluding hydrogens is 523 g/mol. The van der Waals surface area contributed by atoms with Crippen LogP contribution in [-0.2, 0) is 12.7 Å². The minimum atomic E-state index is -4.52. The fourth-order valence-corrected chi connectivity index (χ4v) is 5.29. The second-order valence-electron chi connectivity index (χ2n) is 10.7. The van der Waals surface area contributed by atoms with Crippen LogP contribution in [-0.4, -0.2) is 41.2 Å². The molecule has 1 atom stereocenters. The molecule has 0 aromatic carbocycles. The summed E-state index contributed by atoms with van der Waals surface area (Å²) in [6.45, 7) is 5.87. The molecule has 0 bridgehead atoms. The predicted molar refractivity (Wildman–Crippen MR) is 142 cm³/mol. The van der Waals surface area contributed by atoms with E-state index < -0.39 is 11.9 Å². The molecule has 0 radical (unpaired) electrons. The topological polar surface area (TPSA) is 101 Å². The van der Waals surface area contributed by atoms with Gasteiger partial charge in [-0.25, -0.2) is 24.9 Å². The summed E-state index contributed by atoms with van der Waals surface area (Å²) in [6.07, 6.45) is 2.22. The summed E-state index contributed by atoms with van der Waals surface area (Å²) >= 11 is 0. The number of hydrogen-bond acceptors (Lipinski definition) is 7. The van der Waals surface area contributed by atoms with E-state index in [1.807, 2.05) is 20.8 Å². The largest absolute Gasteiger partial charge is 0.480 e. The van der Waals surface area contributed by atoms with E-state index >= 15 is 0 Å². The maximum atomic E-state index is 13.4. The Balaban J connectivity index is 1.38. The first kappa shape index (κ1) is 26.1. The van der Waals surface area contributed by atoms with E-state index in [1.165, 1.54) is 19.5 Å². The highest BCUT2D eigenvalue weighted by Gasteiger charge is 2.38. The number of alkyl halides is 3. The molecule has 1 fully saturated rings. The van der Waals surface area contributed by atoms with Crippen LogP contribution in [0.15, 0.2) is 41.2 Å². The number of allylic oxidation sites excluding steroid dienone is 2. The van der Waals surface area contributed by atoms with Crippen LogP contribution in [0, 0.1) is 5.92 Å². The van der Waals surface area contributed by atoms with Gasteiger partial charge in [-0.05, 0) is 51.7 Å². The Labute approximate surface area is 227 Å². The maximum Gasteiger partial charge on any atom is 0.434 e. The van der Waals surface area contributed by atoms with Gasteiger partial charge in [0.2, 0.25) is 5.88 Å². The van der Waals surface area contributed by atoms with E-state index in [0.717, 1.165) is 35.9 Å². The van der Waals surface area contributed by atoms with E-state index in [2.05, 4.69) is 19.9 Å². The lowest BCUT2D eigenvalue weighted by Crippen LogP contribution is -2.29. The normalized spacial score (nSPS) is 17.6. The Morgan fingerprint density at radius 3 is 2.55 bits per heavy atom. The number of ether oxygens (including phenoxy) is 1. The Morgan fingerprint density at radius 2 is 1.90 bits per heavy atom. The molecule has 4 aromatic rings. The van der Waals surface area contributed by atoms with Crippen molar-refractivity contribution in [2.24, 2.45) is 5.92 Å². The average Bonchev–Trinajstić information content (AvgIpc) is 3.67. The fourth-order valence-electron chi connectivity index (χ4n) is 5.29. The van der Waals surface area contributed by atoms with Gasteiger partial charge in [0, 0.05) is 48.3 Å². The first-order valence-electron chi connectivity index (χ1n) is 13.2. The Hall–Kier alpha value is -4.09. The molecule has 0 aliphatic heterocycles.